The van der Waals surface area contributed by atoms with Gasteiger partial charge < -0.3 is 4.57 Å². The highest BCUT2D eigenvalue weighted by atomic mass is 35.5. The lowest BCUT2D eigenvalue weighted by Gasteiger charge is -2.29. The molecule has 1 aromatic heterocycles. The Hall–Kier alpha value is -3.45. The number of nitrogens with zero attached hydrogens (tertiary/aromatic N) is 2. The Morgan fingerprint density at radius 3 is 2.39 bits per heavy atom. The number of aryl methyl sites for hydroxylation is 1. The number of aromatic nitrogens is 1. The normalized spacial score (nSPS) is 15.1. The Balaban J connectivity index is 1.54. The number of benzene rings is 3. The van der Waals surface area contributed by atoms with Crippen LogP contribution in [0.25, 0.3) is 17.0 Å². The van der Waals surface area contributed by atoms with E-state index in [1.54, 1.807) is 12.1 Å². The largest absolute Gasteiger partial charge is 0.342 e. The maximum atomic E-state index is 13.5. The van der Waals surface area contributed by atoms with E-state index in [1.165, 1.54) is 4.90 Å². The molecule has 180 valence electrons. The number of rotatable bonds is 5. The molecule has 4 aromatic rings. The van der Waals surface area contributed by atoms with E-state index in [2.05, 4.69) is 16.8 Å². The molecule has 0 bridgehead atoms. The van der Waals surface area contributed by atoms with Crippen LogP contribution in [0.3, 0.4) is 0 Å². The van der Waals surface area contributed by atoms with Gasteiger partial charge in [-0.05, 0) is 66.2 Å². The van der Waals surface area contributed by atoms with Gasteiger partial charge in [0.2, 0.25) is 0 Å². The zero-order valence-electron chi connectivity index (χ0n) is 19.3. The first kappa shape index (κ1) is 24.3. The van der Waals surface area contributed by atoms with E-state index >= 15 is 0 Å². The highest BCUT2D eigenvalue weighted by molar-refractivity contribution is 7.80. The summed E-state index contributed by atoms with van der Waals surface area (Å²) in [5.74, 6) is -0.984. The van der Waals surface area contributed by atoms with Gasteiger partial charge in [-0.15, -0.1) is 0 Å². The summed E-state index contributed by atoms with van der Waals surface area (Å²) in [5.41, 5.74) is 4.45. The first-order valence-electron chi connectivity index (χ1n) is 11.4. The number of carbonyl (C=O) groups is 2. The van der Waals surface area contributed by atoms with Crippen molar-refractivity contribution in [1.29, 1.82) is 0 Å². The van der Waals surface area contributed by atoms with Gasteiger partial charge in [0.15, 0.2) is 5.11 Å². The zero-order chi connectivity index (χ0) is 25.4. The fourth-order valence-corrected chi connectivity index (χ4v) is 4.89. The van der Waals surface area contributed by atoms with E-state index in [4.69, 9.17) is 35.4 Å². The zero-order valence-corrected chi connectivity index (χ0v) is 21.6. The van der Waals surface area contributed by atoms with Gasteiger partial charge in [-0.3, -0.25) is 19.8 Å². The second-order valence-electron chi connectivity index (χ2n) is 8.46. The minimum atomic E-state index is -0.521. The highest BCUT2D eigenvalue weighted by Gasteiger charge is 2.34. The van der Waals surface area contributed by atoms with Crippen LogP contribution in [-0.4, -0.2) is 21.5 Å². The fourth-order valence-electron chi connectivity index (χ4n) is 4.28. The van der Waals surface area contributed by atoms with Crippen LogP contribution in [0.5, 0.6) is 0 Å². The van der Waals surface area contributed by atoms with Crippen molar-refractivity contribution in [3.8, 4) is 0 Å². The summed E-state index contributed by atoms with van der Waals surface area (Å²) in [6.45, 7) is 2.60. The van der Waals surface area contributed by atoms with Crippen molar-refractivity contribution in [2.24, 2.45) is 0 Å². The molecule has 1 N–H and O–H groups in total. The Labute approximate surface area is 223 Å². The minimum absolute atomic E-state index is 0.0145. The molecule has 1 aliphatic rings. The van der Waals surface area contributed by atoms with E-state index in [0.717, 1.165) is 34.0 Å². The van der Waals surface area contributed by atoms with Crippen molar-refractivity contribution in [2.75, 3.05) is 4.90 Å². The van der Waals surface area contributed by atoms with Gasteiger partial charge >= 0.3 is 0 Å². The molecule has 0 atom stereocenters. The van der Waals surface area contributed by atoms with E-state index in [-0.39, 0.29) is 10.7 Å². The predicted octanol–water partition coefficient (Wildman–Crippen LogP) is 6.39. The van der Waals surface area contributed by atoms with E-state index in [1.807, 2.05) is 66.9 Å². The average molecular weight is 534 g/mol. The minimum Gasteiger partial charge on any atom is -0.342 e. The molecule has 0 saturated carbocycles. The summed E-state index contributed by atoms with van der Waals surface area (Å²) in [7, 11) is 0. The lowest BCUT2D eigenvalue weighted by atomic mass is 10.1. The van der Waals surface area contributed by atoms with Crippen LogP contribution in [0.4, 0.5) is 5.69 Å². The number of carbonyl (C=O) groups excluding carboxylic acids is 2. The van der Waals surface area contributed by atoms with Crippen LogP contribution < -0.4 is 10.2 Å². The summed E-state index contributed by atoms with van der Waals surface area (Å²) in [5, 5.41) is 4.62. The molecular formula is C28H21Cl2N3O2S. The third kappa shape index (κ3) is 4.55. The van der Waals surface area contributed by atoms with Crippen molar-refractivity contribution in [3.63, 3.8) is 0 Å². The first-order valence-corrected chi connectivity index (χ1v) is 12.5. The standard InChI is InChI=1S/C28H21Cl2N3O2S/c1-2-17-7-10-20(11-8-17)33-27(35)22(26(34)31-28(33)36)14-19-16-32(25-6-4-3-5-21(19)25)15-18-9-12-23(29)24(30)13-18/h3-14,16H,2,15H2,1H3,(H,31,34,36)/b22-14+. The summed E-state index contributed by atoms with van der Waals surface area (Å²) >= 11 is 17.6. The predicted molar refractivity (Wildman–Crippen MR) is 150 cm³/mol. The van der Waals surface area contributed by atoms with Crippen molar-refractivity contribution in [1.82, 2.24) is 9.88 Å². The lowest BCUT2D eigenvalue weighted by molar-refractivity contribution is -0.122. The molecule has 36 heavy (non-hydrogen) atoms. The van der Waals surface area contributed by atoms with Crippen molar-refractivity contribution in [3.05, 3.63) is 105 Å². The van der Waals surface area contributed by atoms with Gasteiger partial charge in [0.1, 0.15) is 5.57 Å². The molecule has 3 aromatic carbocycles. The maximum Gasteiger partial charge on any atom is 0.270 e. The lowest BCUT2D eigenvalue weighted by Crippen LogP contribution is -2.54. The topological polar surface area (TPSA) is 54.3 Å². The molecule has 0 radical (unpaired) electrons. The third-order valence-electron chi connectivity index (χ3n) is 6.16. The van der Waals surface area contributed by atoms with Gasteiger partial charge in [0.25, 0.3) is 11.8 Å². The highest BCUT2D eigenvalue weighted by Crippen LogP contribution is 2.29. The number of fused-ring (bicyclic) bond motifs is 1. The third-order valence-corrected chi connectivity index (χ3v) is 7.18. The van der Waals surface area contributed by atoms with Crippen LogP contribution in [-0.2, 0) is 22.6 Å². The molecule has 1 fully saturated rings. The van der Waals surface area contributed by atoms with Gasteiger partial charge in [0, 0.05) is 29.2 Å². The summed E-state index contributed by atoms with van der Waals surface area (Å²) in [4.78, 5) is 27.7. The molecule has 1 saturated heterocycles. The quantitative estimate of drug-likeness (QED) is 0.183. The number of nitrogens with one attached hydrogen (secondary N) is 1. The Morgan fingerprint density at radius 2 is 1.67 bits per heavy atom. The number of hydrogen-bond donors (Lipinski definition) is 1. The number of hydrogen-bond acceptors (Lipinski definition) is 3. The fraction of sp³-hybridized carbons (Fsp3) is 0.107. The average Bonchev–Trinajstić information content (AvgIpc) is 3.21. The molecule has 1 aliphatic heterocycles. The summed E-state index contributed by atoms with van der Waals surface area (Å²) in [6, 6.07) is 20.9. The second-order valence-corrected chi connectivity index (χ2v) is 9.66. The Morgan fingerprint density at radius 1 is 0.944 bits per heavy atom. The smallest absolute Gasteiger partial charge is 0.270 e. The van der Waals surface area contributed by atoms with Crippen molar-refractivity contribution in [2.45, 2.75) is 19.9 Å². The van der Waals surface area contributed by atoms with Crippen LogP contribution in [0, 0.1) is 0 Å². The van der Waals surface area contributed by atoms with Gasteiger partial charge in [-0.1, -0.05) is 66.5 Å². The SMILES string of the molecule is CCc1ccc(N2C(=O)/C(=C/c3cn(Cc4ccc(Cl)c(Cl)c4)c4ccccc34)C(=O)NC2=S)cc1. The van der Waals surface area contributed by atoms with E-state index < -0.39 is 11.8 Å². The molecule has 5 nitrogen and oxygen atoms in total. The molecule has 0 spiro atoms. The molecule has 2 heterocycles. The molecule has 0 unspecified atom stereocenters. The first-order chi connectivity index (χ1) is 17.4. The number of thiocarbonyl (C=S) groups is 1. The van der Waals surface area contributed by atoms with E-state index in [0.29, 0.717) is 22.3 Å². The number of amides is 2. The molecule has 0 aliphatic carbocycles. The Bertz CT molecular complexity index is 1560. The van der Waals surface area contributed by atoms with Gasteiger partial charge in [-0.2, -0.15) is 0 Å². The second kappa shape index (κ2) is 9.90. The molecular weight excluding hydrogens is 513 g/mol. The summed E-state index contributed by atoms with van der Waals surface area (Å²) < 4.78 is 2.05. The van der Waals surface area contributed by atoms with Crippen LogP contribution >= 0.6 is 35.4 Å². The number of halogens is 2. The van der Waals surface area contributed by atoms with Gasteiger partial charge in [0.05, 0.1) is 15.7 Å². The van der Waals surface area contributed by atoms with Crippen LogP contribution in [0.15, 0.2) is 78.5 Å². The van der Waals surface area contributed by atoms with E-state index in [9.17, 15) is 9.59 Å². The maximum absolute atomic E-state index is 13.5. The molecule has 5 rings (SSSR count). The monoisotopic (exact) mass is 533 g/mol. The van der Waals surface area contributed by atoms with Crippen LogP contribution in [0.2, 0.25) is 10.0 Å². The van der Waals surface area contributed by atoms with Gasteiger partial charge in [-0.25, -0.2) is 0 Å². The van der Waals surface area contributed by atoms with Crippen LogP contribution in [0.1, 0.15) is 23.6 Å². The Kier molecular flexibility index (Phi) is 6.67. The van der Waals surface area contributed by atoms with Crippen molar-refractivity contribution < 1.29 is 9.59 Å². The number of para-hydroxylation sites is 1. The molecule has 2 amide bonds. The van der Waals surface area contributed by atoms with Crippen molar-refractivity contribution >= 4 is 75.0 Å². The molecule has 8 heteroatoms. The summed E-state index contributed by atoms with van der Waals surface area (Å²) in [6.07, 6.45) is 4.43. The number of anilines is 1.